The molecule has 0 amide bonds. The second-order valence-corrected chi connectivity index (χ2v) is 5.11. The van der Waals surface area contributed by atoms with Crippen LogP contribution in [0.25, 0.3) is 0 Å². The van der Waals surface area contributed by atoms with Gasteiger partial charge < -0.3 is 9.84 Å². The van der Waals surface area contributed by atoms with Crippen molar-refractivity contribution in [1.29, 1.82) is 0 Å². The fourth-order valence-corrected chi connectivity index (χ4v) is 2.65. The van der Waals surface area contributed by atoms with Crippen molar-refractivity contribution in [2.24, 2.45) is 0 Å². The van der Waals surface area contributed by atoms with E-state index in [-0.39, 0.29) is 11.3 Å². The summed E-state index contributed by atoms with van der Waals surface area (Å²) in [5.41, 5.74) is 1.18. The molecule has 0 radical (unpaired) electrons. The maximum absolute atomic E-state index is 11.4. The Morgan fingerprint density at radius 3 is 2.67 bits per heavy atom. The quantitative estimate of drug-likeness (QED) is 0.676. The molecule has 1 aromatic carbocycles. The third-order valence-electron chi connectivity index (χ3n) is 2.69. The second-order valence-electron chi connectivity index (χ2n) is 4.10. The smallest absolute Gasteiger partial charge is 0.356 e. The summed E-state index contributed by atoms with van der Waals surface area (Å²) in [4.78, 5) is 27.4. The first-order valence-corrected chi connectivity index (χ1v) is 7.09. The summed E-state index contributed by atoms with van der Waals surface area (Å²) in [5, 5.41) is 9.12. The molecule has 1 aromatic heterocycles. The number of carboxylic acid groups (broad SMARTS) is 1. The Kier molecular flexibility index (Phi) is 4.94. The second kappa shape index (κ2) is 6.90. The van der Waals surface area contributed by atoms with Gasteiger partial charge in [0, 0.05) is 10.6 Å². The van der Waals surface area contributed by atoms with E-state index in [9.17, 15) is 9.59 Å². The van der Waals surface area contributed by atoms with E-state index in [0.717, 1.165) is 0 Å². The van der Waals surface area contributed by atoms with Gasteiger partial charge in [-0.3, -0.25) is 0 Å². The van der Waals surface area contributed by atoms with Gasteiger partial charge in [-0.15, -0.1) is 11.8 Å². The highest BCUT2D eigenvalue weighted by molar-refractivity contribution is 7.98. The van der Waals surface area contributed by atoms with E-state index in [1.54, 1.807) is 42.5 Å². The number of esters is 1. The fourth-order valence-electron chi connectivity index (χ4n) is 1.70. The normalized spacial score (nSPS) is 10.1. The number of rotatable bonds is 5. The predicted octanol–water partition coefficient (Wildman–Crippen LogP) is 2.86. The van der Waals surface area contributed by atoms with Gasteiger partial charge in [0.05, 0.1) is 18.4 Å². The molecule has 1 heterocycles. The number of hydrogen-bond acceptors (Lipinski definition) is 5. The Labute approximate surface area is 126 Å². The van der Waals surface area contributed by atoms with Crippen LogP contribution >= 0.6 is 11.8 Å². The number of carbonyl (C=O) groups excluding carboxylic acids is 1. The first-order chi connectivity index (χ1) is 10.1. The number of ether oxygens (including phenoxy) is 1. The number of carbonyl (C=O) groups is 2. The molecule has 0 aliphatic rings. The summed E-state index contributed by atoms with van der Waals surface area (Å²) in [7, 11) is 1.30. The number of thioether (sulfide) groups is 1. The third kappa shape index (κ3) is 3.82. The lowest BCUT2D eigenvalue weighted by Crippen LogP contribution is -2.05. The molecule has 1 N–H and O–H groups in total. The maximum atomic E-state index is 11.4. The lowest BCUT2D eigenvalue weighted by Gasteiger charge is -2.06. The van der Waals surface area contributed by atoms with Crippen molar-refractivity contribution in [2.45, 2.75) is 10.6 Å². The average molecular weight is 303 g/mol. The number of hydrogen-bond donors (Lipinski definition) is 1. The molecule has 0 spiro atoms. The molecule has 0 bridgehead atoms. The molecule has 0 unspecified atom stereocenters. The largest absolute Gasteiger partial charge is 0.478 e. The molecule has 0 fully saturated rings. The Hall–Kier alpha value is -2.34. The van der Waals surface area contributed by atoms with Crippen LogP contribution in [-0.4, -0.2) is 29.1 Å². The van der Waals surface area contributed by atoms with Crippen LogP contribution in [-0.2, 0) is 10.5 Å². The Bertz CT molecular complexity index is 672. The van der Waals surface area contributed by atoms with Gasteiger partial charge in [0.15, 0.2) is 0 Å². The van der Waals surface area contributed by atoms with Crippen LogP contribution in [0.3, 0.4) is 0 Å². The topological polar surface area (TPSA) is 76.5 Å². The molecule has 0 aliphatic heterocycles. The number of aromatic carboxylic acids is 1. The number of nitrogens with zero attached hydrogens (tertiary/aromatic N) is 1. The van der Waals surface area contributed by atoms with E-state index in [2.05, 4.69) is 9.72 Å². The van der Waals surface area contributed by atoms with E-state index in [4.69, 9.17) is 5.11 Å². The van der Waals surface area contributed by atoms with Crippen molar-refractivity contribution < 1.29 is 19.4 Å². The highest BCUT2D eigenvalue weighted by Crippen LogP contribution is 2.25. The summed E-state index contributed by atoms with van der Waals surface area (Å²) in [5.74, 6) is -0.989. The molecular weight excluding hydrogens is 290 g/mol. The molecule has 2 rings (SSSR count). The van der Waals surface area contributed by atoms with Crippen LogP contribution in [0.1, 0.15) is 26.5 Å². The van der Waals surface area contributed by atoms with Crippen LogP contribution in [0.2, 0.25) is 0 Å². The summed E-state index contributed by atoms with van der Waals surface area (Å²) >= 11 is 1.36. The zero-order valence-electron chi connectivity index (χ0n) is 11.3. The van der Waals surface area contributed by atoms with Crippen LogP contribution in [0.5, 0.6) is 0 Å². The molecule has 108 valence electrons. The van der Waals surface area contributed by atoms with E-state index in [1.165, 1.54) is 18.9 Å². The molecule has 0 saturated heterocycles. The number of methoxy groups -OCH3 is 1. The van der Waals surface area contributed by atoms with Gasteiger partial charge in [0.25, 0.3) is 0 Å². The SMILES string of the molecule is COC(=O)c1cccc(CSc2ccccc2C(=O)O)n1. The fraction of sp³-hybridized carbons (Fsp3) is 0.133. The van der Waals surface area contributed by atoms with Gasteiger partial charge >= 0.3 is 11.9 Å². The van der Waals surface area contributed by atoms with Gasteiger partial charge in [-0.25, -0.2) is 14.6 Å². The summed E-state index contributed by atoms with van der Waals surface area (Å²) in [6, 6.07) is 11.9. The highest BCUT2D eigenvalue weighted by Gasteiger charge is 2.11. The number of aromatic nitrogens is 1. The minimum Gasteiger partial charge on any atom is -0.478 e. The van der Waals surface area contributed by atoms with Gasteiger partial charge in [-0.2, -0.15) is 0 Å². The van der Waals surface area contributed by atoms with Gasteiger partial charge in [0.2, 0.25) is 0 Å². The first kappa shape index (κ1) is 15.1. The van der Waals surface area contributed by atoms with Crippen LogP contribution < -0.4 is 0 Å². The third-order valence-corrected chi connectivity index (χ3v) is 3.80. The lowest BCUT2D eigenvalue weighted by molar-refractivity contribution is 0.0593. The molecular formula is C15H13NO4S. The van der Waals surface area contributed by atoms with Crippen LogP contribution in [0.15, 0.2) is 47.4 Å². The zero-order valence-corrected chi connectivity index (χ0v) is 12.1. The number of pyridine rings is 1. The zero-order chi connectivity index (χ0) is 15.2. The van der Waals surface area contributed by atoms with E-state index >= 15 is 0 Å². The minimum absolute atomic E-state index is 0.238. The van der Waals surface area contributed by atoms with E-state index < -0.39 is 11.9 Å². The van der Waals surface area contributed by atoms with Gasteiger partial charge in [0.1, 0.15) is 5.69 Å². The molecule has 6 heteroatoms. The molecule has 0 aliphatic carbocycles. The highest BCUT2D eigenvalue weighted by atomic mass is 32.2. The van der Waals surface area contributed by atoms with Crippen molar-refractivity contribution in [3.63, 3.8) is 0 Å². The first-order valence-electron chi connectivity index (χ1n) is 6.11. The molecule has 21 heavy (non-hydrogen) atoms. The molecule has 2 aromatic rings. The molecule has 5 nitrogen and oxygen atoms in total. The molecule has 0 atom stereocenters. The predicted molar refractivity (Wildman–Crippen MR) is 78.5 cm³/mol. The standard InChI is InChI=1S/C15H13NO4S/c1-20-15(19)12-7-4-5-10(16-12)9-21-13-8-3-2-6-11(13)14(17)18/h2-8H,9H2,1H3,(H,17,18). The van der Waals surface area contributed by atoms with Crippen molar-refractivity contribution in [3.8, 4) is 0 Å². The average Bonchev–Trinajstić information content (AvgIpc) is 2.52. The lowest BCUT2D eigenvalue weighted by atomic mass is 10.2. The van der Waals surface area contributed by atoms with Crippen molar-refractivity contribution in [3.05, 3.63) is 59.4 Å². The maximum Gasteiger partial charge on any atom is 0.356 e. The summed E-state index contributed by atoms with van der Waals surface area (Å²) in [6.45, 7) is 0. The van der Waals surface area contributed by atoms with Crippen molar-refractivity contribution in [2.75, 3.05) is 7.11 Å². The van der Waals surface area contributed by atoms with Gasteiger partial charge in [-0.05, 0) is 24.3 Å². The molecule has 0 saturated carbocycles. The van der Waals surface area contributed by atoms with Crippen LogP contribution in [0.4, 0.5) is 0 Å². The number of benzene rings is 1. The monoisotopic (exact) mass is 303 g/mol. The van der Waals surface area contributed by atoms with Crippen molar-refractivity contribution in [1.82, 2.24) is 4.98 Å². The summed E-state index contributed by atoms with van der Waals surface area (Å²) < 4.78 is 4.62. The number of carboxylic acids is 1. The van der Waals surface area contributed by atoms with Gasteiger partial charge in [-0.1, -0.05) is 18.2 Å². The van der Waals surface area contributed by atoms with E-state index in [0.29, 0.717) is 16.3 Å². The Morgan fingerprint density at radius 2 is 1.95 bits per heavy atom. The Morgan fingerprint density at radius 1 is 1.19 bits per heavy atom. The van der Waals surface area contributed by atoms with Crippen molar-refractivity contribution >= 4 is 23.7 Å². The summed E-state index contributed by atoms with van der Waals surface area (Å²) in [6.07, 6.45) is 0. The minimum atomic E-state index is -0.964. The Balaban J connectivity index is 2.14. The van der Waals surface area contributed by atoms with E-state index in [1.807, 2.05) is 0 Å². The van der Waals surface area contributed by atoms with Crippen LogP contribution in [0, 0.1) is 0 Å².